The predicted octanol–water partition coefficient (Wildman–Crippen LogP) is 2.69. The molecule has 0 bridgehead atoms. The normalized spacial score (nSPS) is 10.9. The van der Waals surface area contributed by atoms with Gasteiger partial charge in [0.25, 0.3) is 5.82 Å². The molecule has 0 aliphatic carbocycles. The fraction of sp³-hybridized carbons (Fsp3) is 0.250. The molecule has 0 spiro atoms. The van der Waals surface area contributed by atoms with Crippen molar-refractivity contribution in [1.29, 1.82) is 0 Å². The zero-order valence-electron chi connectivity index (χ0n) is 9.96. The van der Waals surface area contributed by atoms with Gasteiger partial charge in [-0.1, -0.05) is 13.8 Å². The molecule has 1 heterocycles. The van der Waals surface area contributed by atoms with E-state index in [0.717, 1.165) is 9.26 Å². The minimum absolute atomic E-state index is 0.102. The molecule has 0 saturated carbocycles. The second kappa shape index (κ2) is 5.05. The van der Waals surface area contributed by atoms with Crippen LogP contribution in [0.2, 0.25) is 0 Å². The fourth-order valence-corrected chi connectivity index (χ4v) is 1.92. The van der Waals surface area contributed by atoms with E-state index >= 15 is 0 Å². The van der Waals surface area contributed by atoms with Crippen LogP contribution in [0.15, 0.2) is 24.3 Å². The summed E-state index contributed by atoms with van der Waals surface area (Å²) in [6.07, 6.45) is 0. The number of benzene rings is 1. The lowest BCUT2D eigenvalue weighted by Gasteiger charge is -2.07. The first-order chi connectivity index (χ1) is 8.49. The Morgan fingerprint density at radius 2 is 1.94 bits per heavy atom. The van der Waals surface area contributed by atoms with Crippen molar-refractivity contribution >= 4 is 28.6 Å². The van der Waals surface area contributed by atoms with Crippen molar-refractivity contribution in [3.05, 3.63) is 39.5 Å². The molecule has 0 aliphatic heterocycles. The van der Waals surface area contributed by atoms with Gasteiger partial charge in [0.1, 0.15) is 5.82 Å². The van der Waals surface area contributed by atoms with Crippen molar-refractivity contribution < 1.29 is 9.90 Å². The maximum Gasteiger partial charge on any atom is 0.375 e. The molecule has 0 fully saturated rings. The molecule has 94 valence electrons. The number of halogens is 1. The van der Waals surface area contributed by atoms with Gasteiger partial charge in [-0.2, -0.15) is 0 Å². The van der Waals surface area contributed by atoms with Gasteiger partial charge in [-0.05, 0) is 46.9 Å². The number of nitrogens with zero attached hydrogens (tertiary/aromatic N) is 3. The Morgan fingerprint density at radius 3 is 2.44 bits per heavy atom. The van der Waals surface area contributed by atoms with Gasteiger partial charge in [0.2, 0.25) is 0 Å². The number of carboxylic acid groups (broad SMARTS) is 1. The molecule has 0 amide bonds. The number of rotatable bonds is 3. The molecule has 0 saturated heterocycles. The summed E-state index contributed by atoms with van der Waals surface area (Å²) >= 11 is 2.21. The molecule has 0 radical (unpaired) electrons. The van der Waals surface area contributed by atoms with E-state index in [2.05, 4.69) is 32.7 Å². The maximum absolute atomic E-state index is 10.9. The van der Waals surface area contributed by atoms with Gasteiger partial charge in [-0.25, -0.2) is 14.5 Å². The van der Waals surface area contributed by atoms with E-state index in [9.17, 15) is 4.79 Å². The van der Waals surface area contributed by atoms with Crippen molar-refractivity contribution in [2.24, 2.45) is 0 Å². The molecular weight excluding hydrogens is 345 g/mol. The minimum atomic E-state index is -1.11. The van der Waals surface area contributed by atoms with Crippen LogP contribution in [0.4, 0.5) is 0 Å². The summed E-state index contributed by atoms with van der Waals surface area (Å²) < 4.78 is 2.70. The topological polar surface area (TPSA) is 68.0 Å². The molecule has 1 N–H and O–H groups in total. The Kier molecular flexibility index (Phi) is 3.65. The number of carbonyl (C=O) groups is 1. The Labute approximate surface area is 118 Å². The Morgan fingerprint density at radius 1 is 1.33 bits per heavy atom. The largest absolute Gasteiger partial charge is 0.475 e. The molecule has 1 aromatic carbocycles. The second-order valence-electron chi connectivity index (χ2n) is 4.14. The van der Waals surface area contributed by atoms with Crippen LogP contribution in [0.3, 0.4) is 0 Å². The van der Waals surface area contributed by atoms with Crippen LogP contribution in [-0.2, 0) is 0 Å². The van der Waals surface area contributed by atoms with Gasteiger partial charge in [-0.15, -0.1) is 5.10 Å². The zero-order chi connectivity index (χ0) is 13.3. The maximum atomic E-state index is 10.9. The summed E-state index contributed by atoms with van der Waals surface area (Å²) in [5, 5.41) is 13.0. The molecular formula is C12H12IN3O2. The molecule has 0 atom stereocenters. The SMILES string of the molecule is CC(C)c1nc(C(=O)O)nn1-c1ccc(I)cc1. The van der Waals surface area contributed by atoms with E-state index in [-0.39, 0.29) is 11.7 Å². The summed E-state index contributed by atoms with van der Waals surface area (Å²) in [5.41, 5.74) is 0.819. The van der Waals surface area contributed by atoms with Crippen molar-refractivity contribution in [1.82, 2.24) is 14.8 Å². The molecule has 0 unspecified atom stereocenters. The highest BCUT2D eigenvalue weighted by molar-refractivity contribution is 14.1. The van der Waals surface area contributed by atoms with E-state index in [1.165, 1.54) is 0 Å². The smallest absolute Gasteiger partial charge is 0.375 e. The Balaban J connectivity index is 2.54. The molecule has 1 aromatic heterocycles. The first-order valence-corrected chi connectivity index (χ1v) is 6.53. The van der Waals surface area contributed by atoms with Gasteiger partial charge in [0.05, 0.1) is 5.69 Å². The quantitative estimate of drug-likeness (QED) is 0.858. The number of hydrogen-bond acceptors (Lipinski definition) is 3. The number of aromatic carboxylic acids is 1. The minimum Gasteiger partial charge on any atom is -0.475 e. The van der Waals surface area contributed by atoms with Crippen molar-refractivity contribution in [2.75, 3.05) is 0 Å². The number of hydrogen-bond donors (Lipinski definition) is 1. The monoisotopic (exact) mass is 357 g/mol. The van der Waals surface area contributed by atoms with Crippen molar-refractivity contribution in [3.63, 3.8) is 0 Å². The first-order valence-electron chi connectivity index (χ1n) is 5.45. The Bertz CT molecular complexity index is 576. The second-order valence-corrected chi connectivity index (χ2v) is 5.39. The molecule has 2 rings (SSSR count). The highest BCUT2D eigenvalue weighted by Gasteiger charge is 2.18. The first kappa shape index (κ1) is 13.0. The average Bonchev–Trinajstić information content (AvgIpc) is 2.75. The third-order valence-electron chi connectivity index (χ3n) is 2.41. The summed E-state index contributed by atoms with van der Waals surface area (Å²) in [4.78, 5) is 15.0. The fourth-order valence-electron chi connectivity index (χ4n) is 1.56. The van der Waals surface area contributed by atoms with Gasteiger partial charge >= 0.3 is 5.97 Å². The van der Waals surface area contributed by atoms with Gasteiger partial charge in [-0.3, -0.25) is 0 Å². The van der Waals surface area contributed by atoms with E-state index < -0.39 is 5.97 Å². The average molecular weight is 357 g/mol. The van der Waals surface area contributed by atoms with Crippen LogP contribution in [0, 0.1) is 3.57 Å². The molecule has 5 nitrogen and oxygen atoms in total. The standard InChI is InChI=1S/C12H12IN3O2/c1-7(2)11-14-10(12(17)18)15-16(11)9-5-3-8(13)4-6-9/h3-7H,1-2H3,(H,17,18). The van der Waals surface area contributed by atoms with Crippen LogP contribution >= 0.6 is 22.6 Å². The number of carboxylic acids is 1. The van der Waals surface area contributed by atoms with Crippen molar-refractivity contribution in [2.45, 2.75) is 19.8 Å². The van der Waals surface area contributed by atoms with Crippen LogP contribution in [0.1, 0.15) is 36.2 Å². The summed E-state index contributed by atoms with van der Waals surface area (Å²) in [5.74, 6) is -0.531. The van der Waals surface area contributed by atoms with E-state index in [0.29, 0.717) is 5.82 Å². The molecule has 0 aliphatic rings. The lowest BCUT2D eigenvalue weighted by atomic mass is 10.2. The third-order valence-corrected chi connectivity index (χ3v) is 3.13. The predicted molar refractivity (Wildman–Crippen MR) is 75.1 cm³/mol. The zero-order valence-corrected chi connectivity index (χ0v) is 12.1. The molecule has 6 heteroatoms. The van der Waals surface area contributed by atoms with Crippen LogP contribution in [-0.4, -0.2) is 25.8 Å². The highest BCUT2D eigenvalue weighted by Crippen LogP contribution is 2.18. The number of aromatic nitrogens is 3. The third kappa shape index (κ3) is 2.53. The molecule has 18 heavy (non-hydrogen) atoms. The van der Waals surface area contributed by atoms with Crippen LogP contribution < -0.4 is 0 Å². The van der Waals surface area contributed by atoms with E-state index in [1.807, 2.05) is 38.1 Å². The van der Waals surface area contributed by atoms with Crippen LogP contribution in [0.25, 0.3) is 5.69 Å². The lowest BCUT2D eigenvalue weighted by molar-refractivity contribution is 0.0683. The van der Waals surface area contributed by atoms with Gasteiger partial charge in [0.15, 0.2) is 0 Å². The summed E-state index contributed by atoms with van der Waals surface area (Å²) in [7, 11) is 0. The van der Waals surface area contributed by atoms with Crippen molar-refractivity contribution in [3.8, 4) is 5.69 Å². The van der Waals surface area contributed by atoms with Gasteiger partial charge < -0.3 is 5.11 Å². The summed E-state index contributed by atoms with van der Waals surface area (Å²) in [6.45, 7) is 3.91. The Hall–Kier alpha value is -1.44. The van der Waals surface area contributed by atoms with Crippen LogP contribution in [0.5, 0.6) is 0 Å². The van der Waals surface area contributed by atoms with E-state index in [1.54, 1.807) is 4.68 Å². The van der Waals surface area contributed by atoms with Gasteiger partial charge in [0, 0.05) is 9.49 Å². The van der Waals surface area contributed by atoms with E-state index in [4.69, 9.17) is 5.11 Å². The highest BCUT2D eigenvalue weighted by atomic mass is 127. The summed E-state index contributed by atoms with van der Waals surface area (Å²) in [6, 6.07) is 7.69. The molecule has 2 aromatic rings. The lowest BCUT2D eigenvalue weighted by Crippen LogP contribution is -2.05.